The molecule has 0 aromatic heterocycles. The van der Waals surface area contributed by atoms with Crippen molar-refractivity contribution in [1.82, 2.24) is 10.2 Å². The van der Waals surface area contributed by atoms with E-state index in [-0.39, 0.29) is 0 Å². The van der Waals surface area contributed by atoms with Crippen molar-refractivity contribution < 1.29 is 4.74 Å². The minimum absolute atomic E-state index is 0.542. The summed E-state index contributed by atoms with van der Waals surface area (Å²) in [4.78, 5) is 2.48. The van der Waals surface area contributed by atoms with Gasteiger partial charge in [-0.1, -0.05) is 6.92 Å². The van der Waals surface area contributed by atoms with Crippen molar-refractivity contribution >= 4 is 0 Å². The Balaban J connectivity index is 3.96. The molecule has 3 nitrogen and oxygen atoms in total. The van der Waals surface area contributed by atoms with Crippen LogP contribution in [-0.4, -0.2) is 50.8 Å². The maximum atomic E-state index is 5.12. The average Bonchev–Trinajstić information content (AvgIpc) is 2.22. The smallest absolute Gasteiger partial charge is 0.0589 e. The Kier molecular flexibility index (Phi) is 8.14. The molecular weight excluding hydrogens is 176 g/mol. The average molecular weight is 202 g/mol. The highest BCUT2D eigenvalue weighted by molar-refractivity contribution is 4.71. The second-order valence-corrected chi connectivity index (χ2v) is 3.93. The molecule has 0 fully saturated rings. The van der Waals surface area contributed by atoms with Crippen LogP contribution in [0.5, 0.6) is 0 Å². The van der Waals surface area contributed by atoms with E-state index in [1.807, 2.05) is 7.05 Å². The molecule has 0 amide bonds. The molecule has 0 heterocycles. The largest absolute Gasteiger partial charge is 0.383 e. The molecule has 1 N–H and O–H groups in total. The Bertz CT molecular complexity index is 130. The molecule has 0 rings (SSSR count). The van der Waals surface area contributed by atoms with E-state index in [0.717, 1.165) is 19.7 Å². The van der Waals surface area contributed by atoms with Crippen LogP contribution in [-0.2, 0) is 4.74 Å². The molecule has 0 saturated carbocycles. The summed E-state index contributed by atoms with van der Waals surface area (Å²) in [6.07, 6.45) is 1.19. The highest BCUT2D eigenvalue weighted by atomic mass is 16.5. The lowest BCUT2D eigenvalue weighted by Gasteiger charge is -2.30. The molecule has 14 heavy (non-hydrogen) atoms. The topological polar surface area (TPSA) is 24.5 Å². The van der Waals surface area contributed by atoms with Crippen molar-refractivity contribution in [3.05, 3.63) is 0 Å². The first-order chi connectivity index (χ1) is 6.65. The third-order valence-corrected chi connectivity index (χ3v) is 2.80. The molecule has 86 valence electrons. The van der Waals surface area contributed by atoms with Gasteiger partial charge in [0, 0.05) is 32.3 Å². The fourth-order valence-corrected chi connectivity index (χ4v) is 1.40. The second-order valence-electron chi connectivity index (χ2n) is 3.93. The molecule has 0 aliphatic heterocycles. The summed E-state index contributed by atoms with van der Waals surface area (Å²) in [5.74, 6) is 0. The van der Waals surface area contributed by atoms with Crippen LogP contribution < -0.4 is 5.32 Å². The van der Waals surface area contributed by atoms with Gasteiger partial charge >= 0.3 is 0 Å². The molecule has 0 radical (unpaired) electrons. The number of nitrogens with zero attached hydrogens (tertiary/aromatic N) is 1. The summed E-state index contributed by atoms with van der Waals surface area (Å²) in [7, 11) is 3.77. The zero-order valence-electron chi connectivity index (χ0n) is 10.3. The maximum absolute atomic E-state index is 5.12. The van der Waals surface area contributed by atoms with Gasteiger partial charge in [0.1, 0.15) is 0 Å². The van der Waals surface area contributed by atoms with Gasteiger partial charge in [0.15, 0.2) is 0 Å². The zero-order chi connectivity index (χ0) is 11.0. The van der Waals surface area contributed by atoms with Crippen molar-refractivity contribution in [1.29, 1.82) is 0 Å². The Labute approximate surface area is 88.8 Å². The molecule has 2 atom stereocenters. The Hall–Kier alpha value is -0.120. The van der Waals surface area contributed by atoms with Gasteiger partial charge in [-0.15, -0.1) is 0 Å². The van der Waals surface area contributed by atoms with E-state index in [1.165, 1.54) is 6.42 Å². The molecular formula is C11H26N2O. The van der Waals surface area contributed by atoms with Crippen molar-refractivity contribution in [2.24, 2.45) is 0 Å². The van der Waals surface area contributed by atoms with Crippen molar-refractivity contribution in [2.75, 3.05) is 33.9 Å². The minimum Gasteiger partial charge on any atom is -0.383 e. The lowest BCUT2D eigenvalue weighted by atomic mass is 10.2. The van der Waals surface area contributed by atoms with Gasteiger partial charge in [-0.05, 0) is 27.3 Å². The molecule has 0 aliphatic carbocycles. The molecule has 3 heteroatoms. The van der Waals surface area contributed by atoms with E-state index in [9.17, 15) is 0 Å². The highest BCUT2D eigenvalue weighted by Crippen LogP contribution is 2.04. The van der Waals surface area contributed by atoms with Gasteiger partial charge in [-0.25, -0.2) is 0 Å². The quantitative estimate of drug-likeness (QED) is 0.643. The standard InChI is InChI=1S/C11H26N2O/c1-6-11(3)13(7-8-14-5)9-10(2)12-4/h10-12H,6-9H2,1-5H3. The number of hydrogen-bond acceptors (Lipinski definition) is 3. The van der Waals surface area contributed by atoms with Crippen LogP contribution in [0.4, 0.5) is 0 Å². The summed E-state index contributed by atoms with van der Waals surface area (Å²) in [6.45, 7) is 9.65. The Morgan fingerprint density at radius 1 is 1.36 bits per heavy atom. The van der Waals surface area contributed by atoms with Crippen molar-refractivity contribution in [2.45, 2.75) is 39.3 Å². The van der Waals surface area contributed by atoms with Crippen LogP contribution in [0.1, 0.15) is 27.2 Å². The first-order valence-electron chi connectivity index (χ1n) is 5.55. The predicted octanol–water partition coefficient (Wildman–Crippen LogP) is 1.34. The van der Waals surface area contributed by atoms with Crippen LogP contribution >= 0.6 is 0 Å². The van der Waals surface area contributed by atoms with Gasteiger partial charge in [-0.2, -0.15) is 0 Å². The summed E-state index contributed by atoms with van der Waals surface area (Å²) >= 11 is 0. The van der Waals surface area contributed by atoms with Gasteiger partial charge in [-0.3, -0.25) is 4.90 Å². The molecule has 0 saturated heterocycles. The third-order valence-electron chi connectivity index (χ3n) is 2.80. The number of likely N-dealkylation sites (N-methyl/N-ethyl adjacent to an activating group) is 1. The number of nitrogens with one attached hydrogen (secondary N) is 1. The second kappa shape index (κ2) is 8.21. The molecule has 0 bridgehead atoms. The molecule has 0 spiro atoms. The molecule has 0 aromatic carbocycles. The van der Waals surface area contributed by atoms with Gasteiger partial charge in [0.2, 0.25) is 0 Å². The van der Waals surface area contributed by atoms with Crippen LogP contribution in [0, 0.1) is 0 Å². The van der Waals surface area contributed by atoms with Crippen molar-refractivity contribution in [3.8, 4) is 0 Å². The minimum atomic E-state index is 0.542. The summed E-state index contributed by atoms with van der Waals surface area (Å²) in [5, 5.41) is 3.27. The number of hydrogen-bond donors (Lipinski definition) is 1. The Morgan fingerprint density at radius 2 is 2.00 bits per heavy atom. The number of rotatable bonds is 8. The fraction of sp³-hybridized carbons (Fsp3) is 1.00. The summed E-state index contributed by atoms with van der Waals surface area (Å²) in [6, 6.07) is 1.18. The van der Waals surface area contributed by atoms with Gasteiger partial charge in [0.05, 0.1) is 6.61 Å². The summed E-state index contributed by atoms with van der Waals surface area (Å²) < 4.78 is 5.12. The van der Waals surface area contributed by atoms with E-state index in [4.69, 9.17) is 4.74 Å². The first-order valence-corrected chi connectivity index (χ1v) is 5.55. The lowest BCUT2D eigenvalue weighted by Crippen LogP contribution is -2.43. The third kappa shape index (κ3) is 5.58. The normalized spacial score (nSPS) is 15.9. The van der Waals surface area contributed by atoms with Gasteiger partial charge < -0.3 is 10.1 Å². The van der Waals surface area contributed by atoms with Crippen LogP contribution in [0.2, 0.25) is 0 Å². The number of ether oxygens (including phenoxy) is 1. The predicted molar refractivity (Wildman–Crippen MR) is 61.7 cm³/mol. The van der Waals surface area contributed by atoms with Crippen LogP contribution in [0.25, 0.3) is 0 Å². The van der Waals surface area contributed by atoms with E-state index in [0.29, 0.717) is 12.1 Å². The first kappa shape index (κ1) is 13.9. The molecule has 0 aliphatic rings. The highest BCUT2D eigenvalue weighted by Gasteiger charge is 2.13. The molecule has 2 unspecified atom stereocenters. The maximum Gasteiger partial charge on any atom is 0.0589 e. The van der Waals surface area contributed by atoms with Crippen LogP contribution in [0.3, 0.4) is 0 Å². The van der Waals surface area contributed by atoms with E-state index >= 15 is 0 Å². The zero-order valence-corrected chi connectivity index (χ0v) is 10.3. The van der Waals surface area contributed by atoms with Crippen molar-refractivity contribution in [3.63, 3.8) is 0 Å². The monoisotopic (exact) mass is 202 g/mol. The molecule has 0 aromatic rings. The fourth-order valence-electron chi connectivity index (χ4n) is 1.40. The lowest BCUT2D eigenvalue weighted by molar-refractivity contribution is 0.117. The summed E-state index contributed by atoms with van der Waals surface area (Å²) in [5.41, 5.74) is 0. The van der Waals surface area contributed by atoms with E-state index < -0.39 is 0 Å². The van der Waals surface area contributed by atoms with E-state index in [2.05, 4.69) is 31.0 Å². The SMILES string of the molecule is CCC(C)N(CCOC)CC(C)NC. The van der Waals surface area contributed by atoms with Crippen LogP contribution in [0.15, 0.2) is 0 Å². The number of methoxy groups -OCH3 is 1. The Morgan fingerprint density at radius 3 is 2.43 bits per heavy atom. The van der Waals surface area contributed by atoms with E-state index in [1.54, 1.807) is 7.11 Å². The van der Waals surface area contributed by atoms with Gasteiger partial charge in [0.25, 0.3) is 0 Å².